The van der Waals surface area contributed by atoms with E-state index in [0.29, 0.717) is 31.0 Å². The van der Waals surface area contributed by atoms with Gasteiger partial charge in [0.05, 0.1) is 5.92 Å². The minimum atomic E-state index is -0.810. The number of benzene rings is 1. The molecule has 0 aliphatic rings. The molecule has 0 heterocycles. The van der Waals surface area contributed by atoms with Crippen LogP contribution in [0, 0.1) is 5.92 Å². The molecule has 0 saturated carbocycles. The van der Waals surface area contributed by atoms with Gasteiger partial charge in [-0.15, -0.1) is 0 Å². The van der Waals surface area contributed by atoms with Crippen LogP contribution in [0.15, 0.2) is 24.3 Å². The number of carboxylic acid groups (broad SMARTS) is 1. The summed E-state index contributed by atoms with van der Waals surface area (Å²) in [6.45, 7) is 2.51. The highest BCUT2D eigenvalue weighted by Crippen LogP contribution is 2.10. The number of hydrogen-bond donors (Lipinski definition) is 3. The molecular weight excluding hydrogens is 280 g/mol. The van der Waals surface area contributed by atoms with Crippen LogP contribution in [0.1, 0.15) is 25.3 Å². The lowest BCUT2D eigenvalue weighted by Gasteiger charge is -2.09. The molecule has 2 amide bonds. The van der Waals surface area contributed by atoms with Crippen LogP contribution in [0.25, 0.3) is 0 Å². The second kappa shape index (κ2) is 8.43. The van der Waals surface area contributed by atoms with Crippen molar-refractivity contribution < 1.29 is 14.7 Å². The Morgan fingerprint density at radius 3 is 2.75 bits per heavy atom. The summed E-state index contributed by atoms with van der Waals surface area (Å²) in [6.07, 6.45) is 1.18. The van der Waals surface area contributed by atoms with E-state index < -0.39 is 5.97 Å². The minimum Gasteiger partial charge on any atom is -0.481 e. The van der Waals surface area contributed by atoms with Crippen LogP contribution >= 0.6 is 11.6 Å². The van der Waals surface area contributed by atoms with E-state index in [1.807, 2.05) is 12.1 Å². The SMILES string of the molecule is CC(CCCNC(=O)NCc1cccc(Cl)c1)C(=O)O. The molecule has 0 aromatic heterocycles. The van der Waals surface area contributed by atoms with Crippen molar-refractivity contribution in [1.29, 1.82) is 0 Å². The van der Waals surface area contributed by atoms with Crippen LogP contribution in [0.4, 0.5) is 4.79 Å². The summed E-state index contributed by atoms with van der Waals surface area (Å²) in [7, 11) is 0. The molecule has 1 unspecified atom stereocenters. The lowest BCUT2D eigenvalue weighted by molar-refractivity contribution is -0.141. The predicted molar refractivity (Wildman–Crippen MR) is 77.7 cm³/mol. The van der Waals surface area contributed by atoms with Crippen molar-refractivity contribution in [1.82, 2.24) is 10.6 Å². The first-order valence-corrected chi connectivity index (χ1v) is 6.86. The maximum absolute atomic E-state index is 11.5. The third kappa shape index (κ3) is 6.43. The zero-order valence-corrected chi connectivity index (χ0v) is 12.1. The number of urea groups is 1. The maximum Gasteiger partial charge on any atom is 0.315 e. The maximum atomic E-state index is 11.5. The summed E-state index contributed by atoms with van der Waals surface area (Å²) >= 11 is 5.84. The van der Waals surface area contributed by atoms with Crippen molar-refractivity contribution in [2.75, 3.05) is 6.54 Å². The lowest BCUT2D eigenvalue weighted by atomic mass is 10.1. The highest BCUT2D eigenvalue weighted by molar-refractivity contribution is 6.30. The fourth-order valence-corrected chi connectivity index (χ4v) is 1.84. The molecule has 6 heteroatoms. The number of rotatable bonds is 7. The van der Waals surface area contributed by atoms with E-state index in [1.165, 1.54) is 0 Å². The average Bonchev–Trinajstić information content (AvgIpc) is 2.41. The fourth-order valence-electron chi connectivity index (χ4n) is 1.63. The average molecular weight is 299 g/mol. The molecule has 1 aromatic carbocycles. The van der Waals surface area contributed by atoms with Crippen molar-refractivity contribution >= 4 is 23.6 Å². The van der Waals surface area contributed by atoms with Gasteiger partial charge >= 0.3 is 12.0 Å². The Kier molecular flexibility index (Phi) is 6.87. The van der Waals surface area contributed by atoms with E-state index in [9.17, 15) is 9.59 Å². The first-order chi connectivity index (χ1) is 9.49. The molecule has 1 atom stereocenters. The molecule has 5 nitrogen and oxygen atoms in total. The predicted octanol–water partition coefficient (Wildman–Crippen LogP) is 2.64. The summed E-state index contributed by atoms with van der Waals surface area (Å²) < 4.78 is 0. The van der Waals surface area contributed by atoms with Gasteiger partial charge in [0.15, 0.2) is 0 Å². The van der Waals surface area contributed by atoms with Crippen LogP contribution in [0.3, 0.4) is 0 Å². The van der Waals surface area contributed by atoms with Gasteiger partial charge in [0.2, 0.25) is 0 Å². The molecule has 0 saturated heterocycles. The Morgan fingerprint density at radius 2 is 2.10 bits per heavy atom. The van der Waals surface area contributed by atoms with Gasteiger partial charge in [-0.1, -0.05) is 30.7 Å². The van der Waals surface area contributed by atoms with Gasteiger partial charge in [-0.3, -0.25) is 4.79 Å². The molecule has 0 spiro atoms. The van der Waals surface area contributed by atoms with E-state index in [2.05, 4.69) is 10.6 Å². The zero-order chi connectivity index (χ0) is 15.0. The number of carbonyl (C=O) groups is 2. The van der Waals surface area contributed by atoms with Crippen LogP contribution in [0.2, 0.25) is 5.02 Å². The summed E-state index contributed by atoms with van der Waals surface area (Å²) in [4.78, 5) is 22.1. The standard InChI is InChI=1S/C14H19ClN2O3/c1-10(13(18)19)4-3-7-16-14(20)17-9-11-5-2-6-12(15)8-11/h2,5-6,8,10H,3-4,7,9H2,1H3,(H,18,19)(H2,16,17,20). The summed E-state index contributed by atoms with van der Waals surface area (Å²) in [5, 5.41) is 14.7. The second-order valence-electron chi connectivity index (χ2n) is 4.62. The van der Waals surface area contributed by atoms with Gasteiger partial charge in [-0.05, 0) is 30.5 Å². The van der Waals surface area contributed by atoms with Gasteiger partial charge in [0.1, 0.15) is 0 Å². The van der Waals surface area contributed by atoms with Crippen LogP contribution in [-0.2, 0) is 11.3 Å². The molecule has 20 heavy (non-hydrogen) atoms. The van der Waals surface area contributed by atoms with E-state index in [4.69, 9.17) is 16.7 Å². The number of hydrogen-bond acceptors (Lipinski definition) is 2. The minimum absolute atomic E-state index is 0.270. The molecular formula is C14H19ClN2O3. The Hall–Kier alpha value is -1.75. The van der Waals surface area contributed by atoms with Gasteiger partial charge < -0.3 is 15.7 Å². The Balaban J connectivity index is 2.16. The topological polar surface area (TPSA) is 78.4 Å². The van der Waals surface area contributed by atoms with Crippen molar-refractivity contribution in [3.8, 4) is 0 Å². The quantitative estimate of drug-likeness (QED) is 0.677. The number of amides is 2. The molecule has 0 fully saturated rings. The van der Waals surface area contributed by atoms with Crippen molar-refractivity contribution in [3.05, 3.63) is 34.9 Å². The third-order valence-corrected chi connectivity index (χ3v) is 3.10. The fraction of sp³-hybridized carbons (Fsp3) is 0.429. The summed E-state index contributed by atoms with van der Waals surface area (Å²) in [6, 6.07) is 6.99. The zero-order valence-electron chi connectivity index (χ0n) is 11.4. The van der Waals surface area contributed by atoms with Gasteiger partial charge in [-0.2, -0.15) is 0 Å². The molecule has 110 valence electrons. The smallest absolute Gasteiger partial charge is 0.315 e. The second-order valence-corrected chi connectivity index (χ2v) is 5.06. The molecule has 0 aliphatic heterocycles. The molecule has 0 aliphatic carbocycles. The van der Waals surface area contributed by atoms with Crippen LogP contribution in [0.5, 0.6) is 0 Å². The number of nitrogens with one attached hydrogen (secondary N) is 2. The third-order valence-electron chi connectivity index (χ3n) is 2.86. The first kappa shape index (κ1) is 16.3. The van der Waals surface area contributed by atoms with Gasteiger partial charge in [-0.25, -0.2) is 4.79 Å². The lowest BCUT2D eigenvalue weighted by Crippen LogP contribution is -2.35. The monoisotopic (exact) mass is 298 g/mol. The Labute approximate surface area is 123 Å². The van der Waals surface area contributed by atoms with Gasteiger partial charge in [0.25, 0.3) is 0 Å². The van der Waals surface area contributed by atoms with E-state index in [1.54, 1.807) is 19.1 Å². The molecule has 3 N–H and O–H groups in total. The summed E-state index contributed by atoms with van der Waals surface area (Å²) in [5.41, 5.74) is 0.923. The first-order valence-electron chi connectivity index (χ1n) is 6.48. The normalized spacial score (nSPS) is 11.7. The van der Waals surface area contributed by atoms with E-state index in [-0.39, 0.29) is 11.9 Å². The Morgan fingerprint density at radius 1 is 1.35 bits per heavy atom. The highest BCUT2D eigenvalue weighted by Gasteiger charge is 2.09. The van der Waals surface area contributed by atoms with Gasteiger partial charge in [0, 0.05) is 18.1 Å². The highest BCUT2D eigenvalue weighted by atomic mass is 35.5. The van der Waals surface area contributed by atoms with Crippen LogP contribution < -0.4 is 10.6 Å². The largest absolute Gasteiger partial charge is 0.481 e. The number of aliphatic carboxylic acids is 1. The molecule has 1 rings (SSSR count). The van der Waals surface area contributed by atoms with Crippen molar-refractivity contribution in [2.24, 2.45) is 5.92 Å². The van der Waals surface area contributed by atoms with Crippen molar-refractivity contribution in [3.63, 3.8) is 0 Å². The molecule has 1 aromatic rings. The van der Waals surface area contributed by atoms with Crippen LogP contribution in [-0.4, -0.2) is 23.7 Å². The Bertz CT molecular complexity index is 465. The van der Waals surface area contributed by atoms with E-state index >= 15 is 0 Å². The molecule has 0 bridgehead atoms. The number of halogens is 1. The number of carboxylic acids is 1. The number of carbonyl (C=O) groups excluding carboxylic acids is 1. The summed E-state index contributed by atoms with van der Waals surface area (Å²) in [5.74, 6) is -1.19. The molecule has 0 radical (unpaired) electrons. The van der Waals surface area contributed by atoms with Crippen molar-refractivity contribution in [2.45, 2.75) is 26.3 Å². The van der Waals surface area contributed by atoms with E-state index in [0.717, 1.165) is 5.56 Å².